The van der Waals surface area contributed by atoms with Crippen molar-refractivity contribution in [2.24, 2.45) is 5.92 Å². The number of rotatable bonds is 7. The number of benzene rings is 2. The van der Waals surface area contributed by atoms with E-state index in [9.17, 15) is 14.4 Å². The lowest BCUT2D eigenvalue weighted by molar-refractivity contribution is -0.119. The van der Waals surface area contributed by atoms with Crippen LogP contribution in [0, 0.1) is 5.92 Å². The average molecular weight is 367 g/mol. The van der Waals surface area contributed by atoms with Gasteiger partial charge in [-0.3, -0.25) is 14.4 Å². The fourth-order valence-corrected chi connectivity index (χ4v) is 2.62. The Bertz CT molecular complexity index is 805. The SMILES string of the molecule is CCC(C)C(NC(=O)c1ccccc1)C(=O)Nc1cccc(C(=O)NC)c1. The highest BCUT2D eigenvalue weighted by Crippen LogP contribution is 2.15. The summed E-state index contributed by atoms with van der Waals surface area (Å²) in [6.45, 7) is 3.88. The molecule has 2 aromatic rings. The van der Waals surface area contributed by atoms with Crippen molar-refractivity contribution < 1.29 is 14.4 Å². The first-order valence-corrected chi connectivity index (χ1v) is 8.95. The molecule has 3 amide bonds. The van der Waals surface area contributed by atoms with Gasteiger partial charge in [-0.15, -0.1) is 0 Å². The molecule has 0 spiro atoms. The van der Waals surface area contributed by atoms with Gasteiger partial charge in [-0.25, -0.2) is 0 Å². The van der Waals surface area contributed by atoms with Crippen molar-refractivity contribution in [2.75, 3.05) is 12.4 Å². The highest BCUT2D eigenvalue weighted by atomic mass is 16.2. The monoisotopic (exact) mass is 367 g/mol. The third-order valence-corrected chi connectivity index (χ3v) is 4.44. The smallest absolute Gasteiger partial charge is 0.251 e. The number of anilines is 1. The number of carbonyl (C=O) groups excluding carboxylic acids is 3. The zero-order valence-electron chi connectivity index (χ0n) is 15.8. The molecule has 0 aliphatic heterocycles. The Hall–Kier alpha value is -3.15. The maximum atomic E-state index is 12.8. The number of nitrogens with one attached hydrogen (secondary N) is 3. The van der Waals surface area contributed by atoms with Crippen LogP contribution in [0.4, 0.5) is 5.69 Å². The van der Waals surface area contributed by atoms with Crippen LogP contribution < -0.4 is 16.0 Å². The third kappa shape index (κ3) is 5.41. The van der Waals surface area contributed by atoms with Crippen molar-refractivity contribution in [1.29, 1.82) is 0 Å². The van der Waals surface area contributed by atoms with Gasteiger partial charge in [0.15, 0.2) is 0 Å². The van der Waals surface area contributed by atoms with Gasteiger partial charge < -0.3 is 16.0 Å². The molecule has 27 heavy (non-hydrogen) atoms. The molecule has 6 nitrogen and oxygen atoms in total. The van der Waals surface area contributed by atoms with E-state index < -0.39 is 6.04 Å². The summed E-state index contributed by atoms with van der Waals surface area (Å²) in [6, 6.07) is 14.8. The predicted molar refractivity (Wildman–Crippen MR) is 106 cm³/mol. The Morgan fingerprint density at radius 1 is 0.926 bits per heavy atom. The topological polar surface area (TPSA) is 87.3 Å². The Balaban J connectivity index is 2.15. The second-order valence-electron chi connectivity index (χ2n) is 6.35. The molecule has 142 valence electrons. The molecule has 0 radical (unpaired) electrons. The quantitative estimate of drug-likeness (QED) is 0.703. The molecule has 0 saturated heterocycles. The van der Waals surface area contributed by atoms with E-state index in [1.807, 2.05) is 19.9 Å². The highest BCUT2D eigenvalue weighted by molar-refractivity contribution is 6.02. The Labute approximate surface area is 159 Å². The van der Waals surface area contributed by atoms with Gasteiger partial charge in [-0.2, -0.15) is 0 Å². The van der Waals surface area contributed by atoms with Crippen LogP contribution in [-0.4, -0.2) is 30.8 Å². The van der Waals surface area contributed by atoms with E-state index >= 15 is 0 Å². The summed E-state index contributed by atoms with van der Waals surface area (Å²) in [4.78, 5) is 37.0. The van der Waals surface area contributed by atoms with Crippen molar-refractivity contribution in [3.05, 3.63) is 65.7 Å². The minimum atomic E-state index is -0.689. The van der Waals surface area contributed by atoms with Crippen LogP contribution in [0.15, 0.2) is 54.6 Å². The van der Waals surface area contributed by atoms with Gasteiger partial charge in [0.1, 0.15) is 6.04 Å². The Morgan fingerprint density at radius 2 is 1.59 bits per heavy atom. The maximum Gasteiger partial charge on any atom is 0.251 e. The van der Waals surface area contributed by atoms with Gasteiger partial charge in [0.2, 0.25) is 5.91 Å². The molecule has 2 aromatic carbocycles. The summed E-state index contributed by atoms with van der Waals surface area (Å²) in [6.07, 6.45) is 0.728. The first-order chi connectivity index (χ1) is 13.0. The summed E-state index contributed by atoms with van der Waals surface area (Å²) in [7, 11) is 1.55. The average Bonchev–Trinajstić information content (AvgIpc) is 2.71. The molecule has 0 aliphatic rings. The summed E-state index contributed by atoms with van der Waals surface area (Å²) in [5.74, 6) is -0.903. The second kappa shape index (κ2) is 9.52. The molecule has 3 N–H and O–H groups in total. The van der Waals surface area contributed by atoms with Crippen molar-refractivity contribution in [2.45, 2.75) is 26.3 Å². The van der Waals surface area contributed by atoms with Crippen LogP contribution in [-0.2, 0) is 4.79 Å². The molecule has 0 fully saturated rings. The van der Waals surface area contributed by atoms with Crippen molar-refractivity contribution in [3.63, 3.8) is 0 Å². The predicted octanol–water partition coefficient (Wildman–Crippen LogP) is 2.83. The van der Waals surface area contributed by atoms with E-state index in [0.29, 0.717) is 16.8 Å². The van der Waals surface area contributed by atoms with E-state index in [0.717, 1.165) is 6.42 Å². The lowest BCUT2D eigenvalue weighted by Gasteiger charge is -2.23. The molecule has 0 aromatic heterocycles. The number of amides is 3. The summed E-state index contributed by atoms with van der Waals surface area (Å²) < 4.78 is 0. The van der Waals surface area contributed by atoms with Crippen LogP contribution in [0.25, 0.3) is 0 Å². The van der Waals surface area contributed by atoms with Crippen molar-refractivity contribution in [1.82, 2.24) is 10.6 Å². The molecule has 0 heterocycles. The standard InChI is InChI=1S/C21H25N3O3/c1-4-14(2)18(24-20(26)15-9-6-5-7-10-15)21(27)23-17-12-8-11-16(13-17)19(25)22-3/h5-14,18H,4H2,1-3H3,(H,22,25)(H,23,27)(H,24,26). The van der Waals surface area contributed by atoms with E-state index in [1.54, 1.807) is 55.6 Å². The van der Waals surface area contributed by atoms with Gasteiger partial charge in [0, 0.05) is 23.9 Å². The van der Waals surface area contributed by atoms with E-state index in [-0.39, 0.29) is 23.6 Å². The summed E-state index contributed by atoms with van der Waals surface area (Å²) in [5.41, 5.74) is 1.45. The Kier molecular flexibility index (Phi) is 7.11. The van der Waals surface area contributed by atoms with Crippen molar-refractivity contribution >= 4 is 23.4 Å². The normalized spacial score (nSPS) is 12.6. The first kappa shape index (κ1) is 20.2. The molecular weight excluding hydrogens is 342 g/mol. The first-order valence-electron chi connectivity index (χ1n) is 8.95. The van der Waals surface area contributed by atoms with Crippen LogP contribution in [0.5, 0.6) is 0 Å². The summed E-state index contributed by atoms with van der Waals surface area (Å²) in [5, 5.41) is 8.17. The highest BCUT2D eigenvalue weighted by Gasteiger charge is 2.26. The Morgan fingerprint density at radius 3 is 2.22 bits per heavy atom. The molecule has 2 rings (SSSR count). The van der Waals surface area contributed by atoms with Crippen LogP contribution in [0.2, 0.25) is 0 Å². The minimum Gasteiger partial charge on any atom is -0.355 e. The van der Waals surface area contributed by atoms with E-state index in [4.69, 9.17) is 0 Å². The van der Waals surface area contributed by atoms with E-state index in [2.05, 4.69) is 16.0 Å². The number of hydrogen-bond donors (Lipinski definition) is 3. The number of hydrogen-bond acceptors (Lipinski definition) is 3. The van der Waals surface area contributed by atoms with Crippen molar-refractivity contribution in [3.8, 4) is 0 Å². The largest absolute Gasteiger partial charge is 0.355 e. The zero-order chi connectivity index (χ0) is 19.8. The van der Waals surface area contributed by atoms with Gasteiger partial charge >= 0.3 is 0 Å². The zero-order valence-corrected chi connectivity index (χ0v) is 15.8. The molecule has 0 aliphatic carbocycles. The third-order valence-electron chi connectivity index (χ3n) is 4.44. The van der Waals surface area contributed by atoms with Crippen LogP contribution >= 0.6 is 0 Å². The molecule has 0 bridgehead atoms. The molecule has 6 heteroatoms. The molecular formula is C21H25N3O3. The summed E-state index contributed by atoms with van der Waals surface area (Å²) >= 11 is 0. The minimum absolute atomic E-state index is 0.0558. The fourth-order valence-electron chi connectivity index (χ4n) is 2.62. The second-order valence-corrected chi connectivity index (χ2v) is 6.35. The molecule has 2 unspecified atom stereocenters. The lowest BCUT2D eigenvalue weighted by Crippen LogP contribution is -2.47. The van der Waals surface area contributed by atoms with Gasteiger partial charge in [-0.05, 0) is 36.2 Å². The van der Waals surface area contributed by atoms with Crippen LogP contribution in [0.3, 0.4) is 0 Å². The van der Waals surface area contributed by atoms with Gasteiger partial charge in [0.25, 0.3) is 11.8 Å². The number of carbonyl (C=O) groups is 3. The maximum absolute atomic E-state index is 12.8. The van der Waals surface area contributed by atoms with Crippen LogP contribution in [0.1, 0.15) is 41.0 Å². The molecule has 2 atom stereocenters. The van der Waals surface area contributed by atoms with E-state index in [1.165, 1.54) is 0 Å². The fraction of sp³-hybridized carbons (Fsp3) is 0.286. The lowest BCUT2D eigenvalue weighted by atomic mass is 9.97. The van der Waals surface area contributed by atoms with Gasteiger partial charge in [-0.1, -0.05) is 44.5 Å². The molecule has 0 saturated carbocycles. The van der Waals surface area contributed by atoms with Gasteiger partial charge in [0.05, 0.1) is 0 Å².